The molecule has 2 aromatic carbocycles. The summed E-state index contributed by atoms with van der Waals surface area (Å²) in [6, 6.07) is 18.1. The van der Waals surface area contributed by atoms with E-state index in [9.17, 15) is 0 Å². The van der Waals surface area contributed by atoms with Crippen LogP contribution in [0.1, 0.15) is 19.8 Å². The minimum Gasteiger partial charge on any atom is -0.490 e. The van der Waals surface area contributed by atoms with Crippen molar-refractivity contribution in [3.05, 3.63) is 73.3 Å². The lowest BCUT2D eigenvalue weighted by molar-refractivity contribution is 0.170. The van der Waals surface area contributed by atoms with Crippen LogP contribution in [0, 0.1) is 0 Å². The highest BCUT2D eigenvalue weighted by Crippen LogP contribution is 2.30. The first kappa shape index (κ1) is 21.8. The van der Waals surface area contributed by atoms with Crippen LogP contribution in [0.2, 0.25) is 0 Å². The number of anilines is 3. The fraction of sp³-hybridized carbons (Fsp3) is 0.269. The number of hydrogen-bond acceptors (Lipinski definition) is 8. The molecular formula is C26H27N5O3. The van der Waals surface area contributed by atoms with E-state index in [1.807, 2.05) is 61.5 Å². The first-order chi connectivity index (χ1) is 16.8. The number of hydrogen-bond donors (Lipinski definition) is 1. The van der Waals surface area contributed by atoms with Gasteiger partial charge in [0.25, 0.3) is 0 Å². The summed E-state index contributed by atoms with van der Waals surface area (Å²) in [6.07, 6.45) is 7.07. The molecular weight excluding hydrogens is 430 g/mol. The Balaban J connectivity index is 1.26. The van der Waals surface area contributed by atoms with E-state index in [1.54, 1.807) is 18.7 Å². The lowest BCUT2D eigenvalue weighted by atomic mass is 10.1. The van der Waals surface area contributed by atoms with E-state index in [1.165, 1.54) is 0 Å². The van der Waals surface area contributed by atoms with Crippen molar-refractivity contribution in [3.8, 4) is 22.8 Å². The molecule has 1 aliphatic rings. The summed E-state index contributed by atoms with van der Waals surface area (Å²) < 4.78 is 17.6. The third-order valence-electron chi connectivity index (χ3n) is 5.58. The van der Waals surface area contributed by atoms with Gasteiger partial charge >= 0.3 is 6.01 Å². The van der Waals surface area contributed by atoms with Crippen LogP contribution >= 0.6 is 0 Å². The van der Waals surface area contributed by atoms with Gasteiger partial charge in [-0.3, -0.25) is 10.3 Å². The van der Waals surface area contributed by atoms with Crippen molar-refractivity contribution >= 4 is 17.7 Å². The Hall–Kier alpha value is -4.07. The Bertz CT molecular complexity index is 1210. The highest BCUT2D eigenvalue weighted by atomic mass is 16.5. The maximum atomic E-state index is 6.31. The van der Waals surface area contributed by atoms with E-state index < -0.39 is 0 Å². The highest BCUT2D eigenvalue weighted by Gasteiger charge is 2.24. The minimum absolute atomic E-state index is 0.0361. The van der Waals surface area contributed by atoms with E-state index in [-0.39, 0.29) is 6.10 Å². The number of nitrogens with one attached hydrogen (secondary N) is 1. The molecule has 5 rings (SSSR count). The number of benzene rings is 2. The maximum Gasteiger partial charge on any atom is 0.300 e. The summed E-state index contributed by atoms with van der Waals surface area (Å²) in [5.41, 5.74) is 1.75. The Kier molecular flexibility index (Phi) is 6.56. The largest absolute Gasteiger partial charge is 0.490 e. The van der Waals surface area contributed by atoms with Gasteiger partial charge in [-0.1, -0.05) is 42.5 Å². The molecule has 174 valence electrons. The molecule has 2 aromatic heterocycles. The Morgan fingerprint density at radius 2 is 1.85 bits per heavy atom. The van der Waals surface area contributed by atoms with Crippen molar-refractivity contribution in [2.75, 3.05) is 29.9 Å². The van der Waals surface area contributed by atoms with Gasteiger partial charge in [-0.05, 0) is 31.9 Å². The number of nitrogens with zero attached hydrogens (tertiary/aromatic N) is 4. The van der Waals surface area contributed by atoms with Gasteiger partial charge in [-0.2, -0.15) is 4.98 Å². The zero-order valence-corrected chi connectivity index (χ0v) is 19.1. The predicted octanol–water partition coefficient (Wildman–Crippen LogP) is 5.32. The third-order valence-corrected chi connectivity index (χ3v) is 5.58. The molecule has 8 heteroatoms. The monoisotopic (exact) mass is 457 g/mol. The number of ether oxygens (including phenoxy) is 2. The van der Waals surface area contributed by atoms with E-state index in [4.69, 9.17) is 18.9 Å². The van der Waals surface area contributed by atoms with E-state index in [0.29, 0.717) is 18.4 Å². The number of aromatic nitrogens is 3. The number of rotatable bonds is 8. The molecule has 0 aliphatic carbocycles. The van der Waals surface area contributed by atoms with E-state index in [0.717, 1.165) is 54.5 Å². The number of piperidine rings is 1. The van der Waals surface area contributed by atoms with Crippen molar-refractivity contribution in [2.45, 2.75) is 25.9 Å². The van der Waals surface area contributed by atoms with Gasteiger partial charge in [0.2, 0.25) is 0 Å². The Labute approximate surface area is 198 Å². The molecule has 8 nitrogen and oxygen atoms in total. The lowest BCUT2D eigenvalue weighted by Gasteiger charge is -2.33. The van der Waals surface area contributed by atoms with Crippen LogP contribution in [0.25, 0.3) is 11.3 Å². The predicted molar refractivity (Wildman–Crippen MR) is 131 cm³/mol. The molecule has 1 saturated heterocycles. The summed E-state index contributed by atoms with van der Waals surface area (Å²) in [5, 5.41) is 3.12. The number of oxazole rings is 1. The van der Waals surface area contributed by atoms with Crippen LogP contribution in [0.4, 0.5) is 17.7 Å². The van der Waals surface area contributed by atoms with E-state index in [2.05, 4.69) is 20.2 Å². The molecule has 1 fully saturated rings. The van der Waals surface area contributed by atoms with Crippen molar-refractivity contribution in [1.82, 2.24) is 15.0 Å². The quantitative estimate of drug-likeness (QED) is 0.380. The summed E-state index contributed by atoms with van der Waals surface area (Å²) >= 11 is 0. The summed E-state index contributed by atoms with van der Waals surface area (Å²) in [7, 11) is 0. The molecule has 0 spiro atoms. The first-order valence-electron chi connectivity index (χ1n) is 11.5. The van der Waals surface area contributed by atoms with Gasteiger partial charge in [0.1, 0.15) is 23.9 Å². The molecule has 1 N–H and O–H groups in total. The fourth-order valence-electron chi connectivity index (χ4n) is 3.99. The SMILES string of the molecule is CCOc1ccccc1OC1CCCN(c2cncc(Nc3nc(-c4ccccc4)co3)n2)C1. The average Bonchev–Trinajstić information content (AvgIpc) is 3.35. The lowest BCUT2D eigenvalue weighted by Crippen LogP contribution is -2.41. The van der Waals surface area contributed by atoms with Gasteiger partial charge in [0.15, 0.2) is 17.3 Å². The normalized spacial score (nSPS) is 15.7. The van der Waals surface area contributed by atoms with E-state index >= 15 is 0 Å². The molecule has 34 heavy (non-hydrogen) atoms. The van der Waals surface area contributed by atoms with Crippen LogP contribution in [0.15, 0.2) is 77.7 Å². The molecule has 1 atom stereocenters. The van der Waals surface area contributed by atoms with Crippen molar-refractivity contribution in [2.24, 2.45) is 0 Å². The molecule has 0 bridgehead atoms. The van der Waals surface area contributed by atoms with Gasteiger partial charge < -0.3 is 18.8 Å². The van der Waals surface area contributed by atoms with Crippen LogP contribution in [-0.2, 0) is 0 Å². The Morgan fingerprint density at radius 1 is 1.03 bits per heavy atom. The van der Waals surface area contributed by atoms with Gasteiger partial charge in [0, 0.05) is 12.1 Å². The molecule has 0 saturated carbocycles. The molecule has 3 heterocycles. The topological polar surface area (TPSA) is 85.5 Å². The van der Waals surface area contributed by atoms with Crippen molar-refractivity contribution < 1.29 is 13.9 Å². The smallest absolute Gasteiger partial charge is 0.300 e. The van der Waals surface area contributed by atoms with Gasteiger partial charge in [-0.15, -0.1) is 0 Å². The highest BCUT2D eigenvalue weighted by molar-refractivity contribution is 5.60. The summed E-state index contributed by atoms with van der Waals surface area (Å²) in [5.74, 6) is 2.90. The van der Waals surface area contributed by atoms with Crippen LogP contribution < -0.4 is 19.7 Å². The zero-order chi connectivity index (χ0) is 23.2. The molecule has 4 aromatic rings. The third kappa shape index (κ3) is 5.11. The van der Waals surface area contributed by atoms with Crippen LogP contribution in [0.5, 0.6) is 11.5 Å². The molecule has 0 amide bonds. The second-order valence-corrected chi connectivity index (χ2v) is 8.00. The van der Waals surface area contributed by atoms with Crippen LogP contribution in [0.3, 0.4) is 0 Å². The fourth-order valence-corrected chi connectivity index (χ4v) is 3.99. The van der Waals surface area contributed by atoms with Crippen molar-refractivity contribution in [1.29, 1.82) is 0 Å². The first-order valence-corrected chi connectivity index (χ1v) is 11.5. The molecule has 1 aliphatic heterocycles. The second kappa shape index (κ2) is 10.2. The summed E-state index contributed by atoms with van der Waals surface area (Å²) in [4.78, 5) is 15.8. The maximum absolute atomic E-state index is 6.31. The average molecular weight is 458 g/mol. The number of para-hydroxylation sites is 2. The summed E-state index contributed by atoms with van der Waals surface area (Å²) in [6.45, 7) is 4.18. The van der Waals surface area contributed by atoms with Crippen LogP contribution in [-0.4, -0.2) is 40.8 Å². The standard InChI is InChI=1S/C26H27N5O3/c1-2-32-22-12-6-7-13-23(22)34-20-11-8-14-31(17-20)25-16-27-15-24(29-25)30-26-28-21(18-33-26)19-9-4-3-5-10-19/h3-7,9-10,12-13,15-16,18,20H,2,8,11,14,17H2,1H3,(H,28,29,30). The van der Waals surface area contributed by atoms with Crippen molar-refractivity contribution in [3.63, 3.8) is 0 Å². The second-order valence-electron chi connectivity index (χ2n) is 8.00. The minimum atomic E-state index is 0.0361. The van der Waals surface area contributed by atoms with Gasteiger partial charge in [0.05, 0.1) is 25.5 Å². The molecule has 0 radical (unpaired) electrons. The molecule has 1 unspecified atom stereocenters. The zero-order valence-electron chi connectivity index (χ0n) is 19.1. The Morgan fingerprint density at radius 3 is 2.71 bits per heavy atom. The van der Waals surface area contributed by atoms with Gasteiger partial charge in [-0.25, -0.2) is 4.98 Å².